The molecule has 0 bridgehead atoms. The highest BCUT2D eigenvalue weighted by atomic mass is 35.5. The van der Waals surface area contributed by atoms with Crippen LogP contribution in [0, 0.1) is 11.3 Å². The number of benzene rings is 2. The fraction of sp³-hybridized carbons (Fsp3) is 0.286. The van der Waals surface area contributed by atoms with Crippen LogP contribution in [0.5, 0.6) is 0 Å². The number of piperazine rings is 1. The first-order valence-corrected chi connectivity index (χ1v) is 12.5. The van der Waals surface area contributed by atoms with Crippen molar-refractivity contribution in [1.29, 1.82) is 5.26 Å². The van der Waals surface area contributed by atoms with Gasteiger partial charge >= 0.3 is 0 Å². The summed E-state index contributed by atoms with van der Waals surface area (Å²) in [4.78, 5) is 23.5. The minimum absolute atomic E-state index is 0.0981. The van der Waals surface area contributed by atoms with Crippen molar-refractivity contribution in [2.75, 3.05) is 26.2 Å². The Morgan fingerprint density at radius 3 is 2.33 bits per heavy atom. The number of nitriles is 1. The number of aromatic nitrogens is 3. The lowest BCUT2D eigenvalue weighted by Gasteiger charge is -2.34. The number of carbonyl (C=O) groups excluding carboxylic acids is 1. The molecule has 3 heterocycles. The summed E-state index contributed by atoms with van der Waals surface area (Å²) < 4.78 is 2.07. The molecule has 1 unspecified atom stereocenters. The summed E-state index contributed by atoms with van der Waals surface area (Å²) in [5.74, 6) is 0.224. The zero-order chi connectivity index (χ0) is 25.1. The van der Waals surface area contributed by atoms with Gasteiger partial charge in [-0.2, -0.15) is 5.26 Å². The lowest BCUT2D eigenvalue weighted by molar-refractivity contribution is -0.122. The van der Waals surface area contributed by atoms with Crippen LogP contribution in [0.4, 0.5) is 0 Å². The van der Waals surface area contributed by atoms with Gasteiger partial charge in [0.15, 0.2) is 5.78 Å². The van der Waals surface area contributed by atoms with Gasteiger partial charge in [-0.05, 0) is 48.2 Å². The maximum Gasteiger partial charge on any atom is 0.234 e. The molecule has 1 saturated heterocycles. The number of ketones is 1. The number of hydrogen-bond acceptors (Lipinski definition) is 6. The normalized spacial score (nSPS) is 15.0. The Morgan fingerprint density at radius 1 is 1.11 bits per heavy atom. The highest BCUT2D eigenvalue weighted by molar-refractivity contribution is 6.30. The molecular formula is C28H27ClN6O. The van der Waals surface area contributed by atoms with Crippen molar-refractivity contribution in [3.63, 3.8) is 0 Å². The van der Waals surface area contributed by atoms with E-state index in [0.717, 1.165) is 49.2 Å². The molecule has 1 N–H and O–H groups in total. The lowest BCUT2D eigenvalue weighted by atomic mass is 9.95. The first kappa shape index (κ1) is 24.1. The molecule has 1 fully saturated rings. The Bertz CT molecular complexity index is 1390. The molecule has 36 heavy (non-hydrogen) atoms. The Hall–Kier alpha value is -3.57. The SMILES string of the molecule is CC(=O)C(c1cc2cnc(C#N)nc2n1CCc1ccc(Cl)cc1)N1CCNCC1.c1cc2ccc1-2. The molecule has 0 spiro atoms. The highest BCUT2D eigenvalue weighted by Gasteiger charge is 2.30. The van der Waals surface area contributed by atoms with Gasteiger partial charge in [-0.25, -0.2) is 9.97 Å². The third-order valence-electron chi connectivity index (χ3n) is 6.70. The topological polar surface area (TPSA) is 86.8 Å². The molecule has 3 aliphatic rings. The molecule has 182 valence electrons. The molecule has 2 aromatic heterocycles. The molecule has 7 nitrogen and oxygen atoms in total. The molecule has 1 atom stereocenters. The van der Waals surface area contributed by atoms with Crippen molar-refractivity contribution in [3.8, 4) is 17.2 Å². The Morgan fingerprint density at radius 2 is 1.78 bits per heavy atom. The number of nitrogens with one attached hydrogen (secondary N) is 1. The largest absolute Gasteiger partial charge is 0.327 e. The van der Waals surface area contributed by atoms with E-state index in [1.807, 2.05) is 36.4 Å². The zero-order valence-electron chi connectivity index (χ0n) is 20.1. The molecule has 3 aromatic rings. The van der Waals surface area contributed by atoms with Crippen molar-refractivity contribution in [2.45, 2.75) is 25.9 Å². The van der Waals surface area contributed by atoms with Gasteiger partial charge in [0.05, 0.1) is 0 Å². The Balaban J connectivity index is 0.000000382. The number of nitrogens with zero attached hydrogens (tertiary/aromatic N) is 5. The van der Waals surface area contributed by atoms with Crippen LogP contribution in [0.1, 0.15) is 30.0 Å². The van der Waals surface area contributed by atoms with E-state index < -0.39 is 0 Å². The fourth-order valence-corrected chi connectivity index (χ4v) is 4.85. The first-order valence-electron chi connectivity index (χ1n) is 12.1. The molecule has 8 heteroatoms. The second-order valence-electron chi connectivity index (χ2n) is 9.06. The van der Waals surface area contributed by atoms with Crippen LogP contribution >= 0.6 is 11.6 Å². The van der Waals surface area contributed by atoms with Gasteiger partial charge in [0, 0.05) is 55.0 Å². The summed E-state index contributed by atoms with van der Waals surface area (Å²) in [6, 6.07) is 19.9. The van der Waals surface area contributed by atoms with Gasteiger partial charge in [0.2, 0.25) is 5.82 Å². The number of rotatable bonds is 6. The standard InChI is InChI=1S/C22H23ClN6O.C6H4/c1-15(30)21(28-10-7-25-8-11-28)19-12-17-14-26-20(13-24)27-22(17)29(19)9-6-16-2-4-18(23)5-3-16;1-2-6-4-3-5(1)6/h2-5,12,14,21,25H,6-11H2,1H3;1-4H. The van der Waals surface area contributed by atoms with Crippen LogP contribution in [0.3, 0.4) is 0 Å². The summed E-state index contributed by atoms with van der Waals surface area (Å²) in [5, 5.41) is 14.1. The molecule has 1 aromatic carbocycles. The molecular weight excluding hydrogens is 472 g/mol. The van der Waals surface area contributed by atoms with Crippen LogP contribution in [0.15, 0.2) is 60.8 Å². The number of Topliss-reactive ketones (excluding diaryl/α,β-unsaturated/α-hetero) is 1. The minimum Gasteiger partial charge on any atom is -0.327 e. The van der Waals surface area contributed by atoms with Crippen LogP contribution in [0.25, 0.3) is 22.2 Å². The second-order valence-corrected chi connectivity index (χ2v) is 9.49. The molecule has 2 aliphatic carbocycles. The van der Waals surface area contributed by atoms with Crippen molar-refractivity contribution in [1.82, 2.24) is 24.8 Å². The number of halogens is 1. The van der Waals surface area contributed by atoms with Crippen LogP contribution in [-0.2, 0) is 17.8 Å². The van der Waals surface area contributed by atoms with Gasteiger partial charge in [-0.15, -0.1) is 0 Å². The second kappa shape index (κ2) is 10.6. The van der Waals surface area contributed by atoms with Gasteiger partial charge in [0.25, 0.3) is 0 Å². The van der Waals surface area contributed by atoms with Crippen molar-refractivity contribution >= 4 is 28.4 Å². The van der Waals surface area contributed by atoms with Gasteiger partial charge in [-0.1, -0.05) is 48.0 Å². The molecule has 1 aliphatic heterocycles. The maximum atomic E-state index is 12.7. The molecule has 0 amide bonds. The van der Waals surface area contributed by atoms with Crippen molar-refractivity contribution in [2.24, 2.45) is 0 Å². The average Bonchev–Trinajstić information content (AvgIpc) is 3.23. The number of hydrogen-bond donors (Lipinski definition) is 1. The summed E-state index contributed by atoms with van der Waals surface area (Å²) in [6.45, 7) is 5.59. The average molecular weight is 499 g/mol. The van der Waals surface area contributed by atoms with Gasteiger partial charge in [-0.3, -0.25) is 9.69 Å². The van der Waals surface area contributed by atoms with E-state index in [-0.39, 0.29) is 17.6 Å². The Labute approximate surface area is 215 Å². The zero-order valence-corrected chi connectivity index (χ0v) is 20.9. The predicted octanol–water partition coefficient (Wildman–Crippen LogP) is 4.40. The van der Waals surface area contributed by atoms with Crippen molar-refractivity contribution in [3.05, 3.63) is 82.9 Å². The van der Waals surface area contributed by atoms with E-state index in [1.54, 1.807) is 13.1 Å². The summed E-state index contributed by atoms with van der Waals surface area (Å²) in [7, 11) is 0. The first-order chi connectivity index (χ1) is 17.5. The monoisotopic (exact) mass is 498 g/mol. The lowest BCUT2D eigenvalue weighted by Crippen LogP contribution is -2.47. The number of fused-ring (bicyclic) bond motifs is 2. The third kappa shape index (κ3) is 5.02. The molecule has 0 radical (unpaired) electrons. The van der Waals surface area contributed by atoms with Crippen LogP contribution in [-0.4, -0.2) is 51.4 Å². The fourth-order valence-electron chi connectivity index (χ4n) is 4.72. The number of carbonyl (C=O) groups is 1. The summed E-state index contributed by atoms with van der Waals surface area (Å²) in [5.41, 5.74) is 5.58. The quantitative estimate of drug-likeness (QED) is 0.373. The van der Waals surface area contributed by atoms with Crippen LogP contribution < -0.4 is 5.32 Å². The Kier molecular flexibility index (Phi) is 7.10. The highest BCUT2D eigenvalue weighted by Crippen LogP contribution is 2.30. The van der Waals surface area contributed by atoms with E-state index >= 15 is 0 Å². The van der Waals surface area contributed by atoms with E-state index in [4.69, 9.17) is 11.6 Å². The molecule has 0 saturated carbocycles. The van der Waals surface area contributed by atoms with E-state index in [2.05, 4.69) is 49.0 Å². The maximum absolute atomic E-state index is 12.7. The van der Waals surface area contributed by atoms with E-state index in [0.29, 0.717) is 17.2 Å². The number of aryl methyl sites for hydroxylation is 2. The third-order valence-corrected chi connectivity index (χ3v) is 6.96. The molecule has 6 rings (SSSR count). The smallest absolute Gasteiger partial charge is 0.234 e. The van der Waals surface area contributed by atoms with Crippen molar-refractivity contribution < 1.29 is 4.79 Å². The van der Waals surface area contributed by atoms with Gasteiger partial charge < -0.3 is 9.88 Å². The van der Waals surface area contributed by atoms with E-state index in [9.17, 15) is 10.1 Å². The summed E-state index contributed by atoms with van der Waals surface area (Å²) in [6.07, 6.45) is 2.42. The van der Waals surface area contributed by atoms with E-state index in [1.165, 1.54) is 11.1 Å². The van der Waals surface area contributed by atoms with Gasteiger partial charge in [0.1, 0.15) is 17.8 Å². The van der Waals surface area contributed by atoms with Crippen LogP contribution in [0.2, 0.25) is 5.02 Å². The predicted molar refractivity (Wildman–Crippen MR) is 141 cm³/mol. The minimum atomic E-state index is -0.350. The summed E-state index contributed by atoms with van der Waals surface area (Å²) >= 11 is 6.01.